The first-order chi connectivity index (χ1) is 16.7. The molecule has 1 aromatic rings. The van der Waals surface area contributed by atoms with Crippen molar-refractivity contribution in [2.45, 2.75) is 94.6 Å². The van der Waals surface area contributed by atoms with Crippen LogP contribution in [0.4, 0.5) is 5.69 Å². The van der Waals surface area contributed by atoms with Gasteiger partial charge in [0.05, 0.1) is 28.9 Å². The predicted octanol–water partition coefficient (Wildman–Crippen LogP) is 2.43. The monoisotopic (exact) mass is 477 g/mol. The summed E-state index contributed by atoms with van der Waals surface area (Å²) in [5, 5.41) is 3.46. The van der Waals surface area contributed by atoms with E-state index in [2.05, 4.69) is 61.0 Å². The molecule has 1 spiro atoms. The Morgan fingerprint density at radius 1 is 1.03 bits per heavy atom. The lowest BCUT2D eigenvalue weighted by atomic mass is 9.72. The van der Waals surface area contributed by atoms with Crippen molar-refractivity contribution in [2.24, 2.45) is 0 Å². The molecule has 1 unspecified atom stereocenters. The van der Waals surface area contributed by atoms with E-state index in [1.165, 1.54) is 11.3 Å². The zero-order valence-corrected chi connectivity index (χ0v) is 21.3. The summed E-state index contributed by atoms with van der Waals surface area (Å²) in [6.45, 7) is 11.1. The molecule has 0 radical (unpaired) electrons. The number of fused-ring (bicyclic) bond motifs is 4. The number of nitrogens with one attached hydrogen (secondary N) is 1. The number of benzene rings is 1. The van der Waals surface area contributed by atoms with E-state index in [0.29, 0.717) is 18.1 Å². The maximum atomic E-state index is 14.2. The Labute approximate surface area is 208 Å². The first-order valence-corrected chi connectivity index (χ1v) is 13.3. The highest BCUT2D eigenvalue weighted by Crippen LogP contribution is 2.51. The number of carbonyl (C=O) groups is 1. The van der Waals surface area contributed by atoms with Crippen LogP contribution in [0.3, 0.4) is 0 Å². The fraction of sp³-hybridized carbons (Fsp3) is 0.667. The second kappa shape index (κ2) is 7.27. The minimum absolute atomic E-state index is 0.245. The van der Waals surface area contributed by atoms with Crippen LogP contribution >= 0.6 is 0 Å². The van der Waals surface area contributed by atoms with E-state index in [1.54, 1.807) is 0 Å². The van der Waals surface area contributed by atoms with Gasteiger partial charge in [0.2, 0.25) is 5.91 Å². The molecule has 1 amide bonds. The summed E-state index contributed by atoms with van der Waals surface area (Å²) >= 11 is 0. The minimum atomic E-state index is -0.423. The SMILES string of the molecule is CC1(C)OB(c2ccc3c(c2)N(C2CC(N4CC5CC4=CO5)C2)C(=O)C32CCNCC2)OC1(C)C. The van der Waals surface area contributed by atoms with Crippen molar-refractivity contribution < 1.29 is 18.8 Å². The lowest BCUT2D eigenvalue weighted by molar-refractivity contribution is -0.125. The number of amides is 1. The van der Waals surface area contributed by atoms with Crippen LogP contribution in [-0.2, 0) is 24.3 Å². The van der Waals surface area contributed by atoms with Crippen molar-refractivity contribution in [2.75, 3.05) is 24.5 Å². The summed E-state index contributed by atoms with van der Waals surface area (Å²) in [4.78, 5) is 18.8. The average Bonchev–Trinajstić information content (AvgIpc) is 3.52. The van der Waals surface area contributed by atoms with Crippen LogP contribution < -0.4 is 15.7 Å². The molecule has 186 valence electrons. The number of rotatable bonds is 3. The normalized spacial score (nSPS) is 33.7. The smallest absolute Gasteiger partial charge is 0.494 e. The first-order valence-electron chi connectivity index (χ1n) is 13.3. The first kappa shape index (κ1) is 22.2. The molecule has 3 saturated heterocycles. The standard InChI is InChI=1S/C27H36BN3O4/c1-25(2)26(3,4)35-28(34-25)17-5-6-22-23(11-17)31(24(32)27(22)7-9-29-10-8-27)19-12-18(13-19)30-15-21-14-20(30)16-33-21/h5-6,11,16,18-19,21,29H,7-10,12-15H2,1-4H3. The Morgan fingerprint density at radius 2 is 1.74 bits per heavy atom. The number of ether oxygens (including phenoxy) is 1. The minimum Gasteiger partial charge on any atom is -0.494 e. The number of hydrogen-bond donors (Lipinski definition) is 1. The molecule has 1 saturated carbocycles. The number of likely N-dealkylation sites (tertiary alicyclic amines) is 1. The maximum Gasteiger partial charge on any atom is 0.494 e. The van der Waals surface area contributed by atoms with E-state index in [4.69, 9.17) is 14.0 Å². The lowest BCUT2D eigenvalue weighted by Gasteiger charge is -2.47. The lowest BCUT2D eigenvalue weighted by Crippen LogP contribution is -2.57. The van der Waals surface area contributed by atoms with Gasteiger partial charge in [0, 0.05) is 24.2 Å². The number of hydrogen-bond acceptors (Lipinski definition) is 6. The summed E-state index contributed by atoms with van der Waals surface area (Å²) < 4.78 is 18.4. The third-order valence-corrected chi connectivity index (χ3v) is 9.90. The predicted molar refractivity (Wildman–Crippen MR) is 135 cm³/mol. The molecule has 7 nitrogen and oxygen atoms in total. The Hall–Kier alpha value is -2.03. The van der Waals surface area contributed by atoms with Crippen LogP contribution in [0.2, 0.25) is 0 Å². The highest BCUT2D eigenvalue weighted by Gasteiger charge is 2.57. The van der Waals surface area contributed by atoms with Crippen LogP contribution in [-0.4, -0.2) is 66.9 Å². The van der Waals surface area contributed by atoms with Crippen molar-refractivity contribution in [3.63, 3.8) is 0 Å². The van der Waals surface area contributed by atoms with Crippen molar-refractivity contribution >= 4 is 24.2 Å². The van der Waals surface area contributed by atoms with E-state index < -0.39 is 23.7 Å². The number of carbonyl (C=O) groups excluding carboxylic acids is 1. The zero-order chi connectivity index (χ0) is 24.2. The van der Waals surface area contributed by atoms with Crippen LogP contribution in [0.5, 0.6) is 0 Å². The van der Waals surface area contributed by atoms with Crippen molar-refractivity contribution in [3.05, 3.63) is 35.7 Å². The highest BCUT2D eigenvalue weighted by molar-refractivity contribution is 6.62. The van der Waals surface area contributed by atoms with Gasteiger partial charge in [-0.15, -0.1) is 0 Å². The molecule has 5 heterocycles. The van der Waals surface area contributed by atoms with Crippen LogP contribution in [0.15, 0.2) is 30.2 Å². The van der Waals surface area contributed by atoms with Gasteiger partial charge in [-0.1, -0.05) is 12.1 Å². The molecular weight excluding hydrogens is 441 g/mol. The van der Waals surface area contributed by atoms with Gasteiger partial charge in [-0.25, -0.2) is 0 Å². The summed E-state index contributed by atoms with van der Waals surface area (Å²) in [5.74, 6) is 0.300. The van der Waals surface area contributed by atoms with Gasteiger partial charge in [-0.3, -0.25) is 4.79 Å². The third-order valence-electron chi connectivity index (χ3n) is 9.90. The van der Waals surface area contributed by atoms with Crippen molar-refractivity contribution in [3.8, 4) is 0 Å². The Bertz CT molecular complexity index is 1090. The van der Waals surface area contributed by atoms with E-state index >= 15 is 0 Å². The third kappa shape index (κ3) is 3.05. The molecule has 1 atom stereocenters. The van der Waals surface area contributed by atoms with Gasteiger partial charge in [-0.05, 0) is 83.6 Å². The number of nitrogens with zero attached hydrogens (tertiary/aromatic N) is 2. The quantitative estimate of drug-likeness (QED) is 0.675. The largest absolute Gasteiger partial charge is 0.494 e. The second-order valence-electron chi connectivity index (χ2n) is 12.4. The Morgan fingerprint density at radius 3 is 2.37 bits per heavy atom. The molecule has 1 N–H and O–H groups in total. The molecule has 7 rings (SSSR count). The van der Waals surface area contributed by atoms with Crippen LogP contribution in [0, 0.1) is 0 Å². The zero-order valence-electron chi connectivity index (χ0n) is 21.3. The fourth-order valence-corrected chi connectivity index (χ4v) is 6.97. The van der Waals surface area contributed by atoms with Gasteiger partial charge in [0.25, 0.3) is 0 Å². The number of piperidine rings is 1. The highest BCUT2D eigenvalue weighted by atomic mass is 16.7. The molecule has 4 fully saturated rings. The van der Waals surface area contributed by atoms with Gasteiger partial charge in [0.1, 0.15) is 12.4 Å². The van der Waals surface area contributed by atoms with E-state index in [0.717, 1.165) is 62.9 Å². The molecule has 6 aliphatic rings. The molecular formula is C27H36BN3O4. The maximum absolute atomic E-state index is 14.2. The summed E-state index contributed by atoms with van der Waals surface area (Å²) in [6, 6.07) is 7.25. The topological polar surface area (TPSA) is 63.3 Å². The van der Waals surface area contributed by atoms with E-state index in [1.807, 2.05) is 6.26 Å². The number of anilines is 1. The summed E-state index contributed by atoms with van der Waals surface area (Å²) in [5.41, 5.74) is 3.44. The second-order valence-corrected chi connectivity index (χ2v) is 12.4. The molecule has 1 aliphatic carbocycles. The molecule has 1 aromatic carbocycles. The van der Waals surface area contributed by atoms with Gasteiger partial charge in [0.15, 0.2) is 0 Å². The van der Waals surface area contributed by atoms with Crippen LogP contribution in [0.1, 0.15) is 65.4 Å². The summed E-state index contributed by atoms with van der Waals surface area (Å²) in [7, 11) is -0.423. The summed E-state index contributed by atoms with van der Waals surface area (Å²) in [6.07, 6.45) is 7.07. The van der Waals surface area contributed by atoms with E-state index in [-0.39, 0.29) is 6.04 Å². The van der Waals surface area contributed by atoms with Crippen LogP contribution in [0.25, 0.3) is 0 Å². The fourth-order valence-electron chi connectivity index (χ4n) is 6.97. The van der Waals surface area contributed by atoms with Crippen molar-refractivity contribution in [1.29, 1.82) is 0 Å². The van der Waals surface area contributed by atoms with E-state index in [9.17, 15) is 4.79 Å². The molecule has 0 aromatic heterocycles. The Balaban J connectivity index is 1.20. The Kier molecular flexibility index (Phi) is 4.61. The van der Waals surface area contributed by atoms with Gasteiger partial charge >= 0.3 is 7.12 Å². The van der Waals surface area contributed by atoms with Gasteiger partial charge in [-0.2, -0.15) is 0 Å². The molecule has 5 aliphatic heterocycles. The van der Waals surface area contributed by atoms with Gasteiger partial charge < -0.3 is 29.2 Å². The molecule has 2 bridgehead atoms. The van der Waals surface area contributed by atoms with Crippen molar-refractivity contribution in [1.82, 2.24) is 10.2 Å². The molecule has 35 heavy (non-hydrogen) atoms. The average molecular weight is 477 g/mol. The molecule has 8 heteroatoms.